The smallest absolute Gasteiger partial charge is 0.0309 e. The van der Waals surface area contributed by atoms with Crippen LogP contribution in [0.2, 0.25) is 0 Å². The quantitative estimate of drug-likeness (QED) is 0.825. The molecule has 18 heavy (non-hydrogen) atoms. The number of hydrogen-bond acceptors (Lipinski definition) is 2. The first kappa shape index (κ1) is 14.3. The van der Waals surface area contributed by atoms with Crippen molar-refractivity contribution in [3.63, 3.8) is 0 Å². The summed E-state index contributed by atoms with van der Waals surface area (Å²) in [6.45, 7) is 12.0. The van der Waals surface area contributed by atoms with Crippen molar-refractivity contribution in [3.05, 3.63) is 0 Å². The lowest BCUT2D eigenvalue weighted by Gasteiger charge is -2.50. The van der Waals surface area contributed by atoms with Crippen LogP contribution in [-0.2, 0) is 0 Å². The molecule has 2 unspecified atom stereocenters. The highest BCUT2D eigenvalue weighted by molar-refractivity contribution is 5.02. The second-order valence-electron chi connectivity index (χ2n) is 6.82. The van der Waals surface area contributed by atoms with Crippen molar-refractivity contribution >= 4 is 0 Å². The number of piperazine rings is 1. The fourth-order valence-electron chi connectivity index (χ4n) is 4.23. The third-order valence-electron chi connectivity index (χ3n) is 5.31. The maximum absolute atomic E-state index is 3.90. The van der Waals surface area contributed by atoms with Crippen molar-refractivity contribution in [1.82, 2.24) is 10.2 Å². The van der Waals surface area contributed by atoms with E-state index in [4.69, 9.17) is 0 Å². The monoisotopic (exact) mass is 252 g/mol. The topological polar surface area (TPSA) is 15.3 Å². The van der Waals surface area contributed by atoms with Crippen molar-refractivity contribution in [2.45, 2.75) is 83.8 Å². The predicted molar refractivity (Wildman–Crippen MR) is 78.9 cm³/mol. The van der Waals surface area contributed by atoms with Gasteiger partial charge in [-0.05, 0) is 31.6 Å². The standard InChI is InChI=1S/C16H32N2/c1-5-14-11-17-16(9-7-8-10-16)12-18(14)15(6-2)13(3)4/h13-15,17H,5-12H2,1-4H3. The first-order chi connectivity index (χ1) is 8.62. The van der Waals surface area contributed by atoms with Gasteiger partial charge in [-0.2, -0.15) is 0 Å². The van der Waals surface area contributed by atoms with Gasteiger partial charge < -0.3 is 5.32 Å². The highest BCUT2D eigenvalue weighted by Gasteiger charge is 2.42. The number of hydrogen-bond donors (Lipinski definition) is 1. The summed E-state index contributed by atoms with van der Waals surface area (Å²) in [7, 11) is 0. The summed E-state index contributed by atoms with van der Waals surface area (Å²) in [5.74, 6) is 0.778. The van der Waals surface area contributed by atoms with Crippen LogP contribution >= 0.6 is 0 Å². The van der Waals surface area contributed by atoms with E-state index in [-0.39, 0.29) is 0 Å². The third-order valence-corrected chi connectivity index (χ3v) is 5.31. The Morgan fingerprint density at radius 2 is 1.89 bits per heavy atom. The molecular formula is C16H32N2. The van der Waals surface area contributed by atoms with Gasteiger partial charge in [0.15, 0.2) is 0 Å². The highest BCUT2D eigenvalue weighted by Crippen LogP contribution is 2.35. The molecular weight excluding hydrogens is 220 g/mol. The average Bonchev–Trinajstić information content (AvgIpc) is 2.78. The van der Waals surface area contributed by atoms with Crippen molar-refractivity contribution < 1.29 is 0 Å². The molecule has 1 spiro atoms. The molecule has 2 fully saturated rings. The lowest BCUT2D eigenvalue weighted by Crippen LogP contribution is -2.65. The lowest BCUT2D eigenvalue weighted by molar-refractivity contribution is 0.0218. The second-order valence-corrected chi connectivity index (χ2v) is 6.82. The molecule has 2 rings (SSSR count). The summed E-state index contributed by atoms with van der Waals surface area (Å²) in [5.41, 5.74) is 0.466. The zero-order chi connectivity index (χ0) is 13.2. The van der Waals surface area contributed by atoms with E-state index in [1.54, 1.807) is 0 Å². The Labute approximate surface area is 114 Å². The maximum Gasteiger partial charge on any atom is 0.0309 e. The van der Waals surface area contributed by atoms with Gasteiger partial charge in [-0.3, -0.25) is 4.90 Å². The minimum Gasteiger partial charge on any atom is -0.308 e. The Kier molecular flexibility index (Phi) is 4.71. The zero-order valence-corrected chi connectivity index (χ0v) is 12.8. The number of rotatable bonds is 4. The SMILES string of the molecule is CCC1CNC2(CCCC2)CN1C(CC)C(C)C. The van der Waals surface area contributed by atoms with Crippen LogP contribution in [0.3, 0.4) is 0 Å². The van der Waals surface area contributed by atoms with Gasteiger partial charge in [-0.15, -0.1) is 0 Å². The van der Waals surface area contributed by atoms with Crippen LogP contribution in [0.1, 0.15) is 66.2 Å². The fourth-order valence-corrected chi connectivity index (χ4v) is 4.23. The van der Waals surface area contributed by atoms with Crippen molar-refractivity contribution in [2.75, 3.05) is 13.1 Å². The second kappa shape index (κ2) is 5.92. The largest absolute Gasteiger partial charge is 0.308 e. The normalized spacial score (nSPS) is 30.2. The van der Waals surface area contributed by atoms with Crippen molar-refractivity contribution in [1.29, 1.82) is 0 Å². The van der Waals surface area contributed by atoms with E-state index >= 15 is 0 Å². The van der Waals surface area contributed by atoms with Gasteiger partial charge in [0.05, 0.1) is 0 Å². The predicted octanol–water partition coefficient (Wildman–Crippen LogP) is 3.42. The van der Waals surface area contributed by atoms with E-state index in [2.05, 4.69) is 37.9 Å². The Balaban J connectivity index is 2.11. The van der Waals surface area contributed by atoms with Gasteiger partial charge in [0, 0.05) is 30.7 Å². The molecule has 0 aromatic carbocycles. The summed E-state index contributed by atoms with van der Waals surface area (Å²) in [4.78, 5) is 2.85. The molecule has 0 radical (unpaired) electrons. The number of nitrogens with zero attached hydrogens (tertiary/aromatic N) is 1. The van der Waals surface area contributed by atoms with Crippen LogP contribution < -0.4 is 5.32 Å². The van der Waals surface area contributed by atoms with Gasteiger partial charge in [0.25, 0.3) is 0 Å². The first-order valence-electron chi connectivity index (χ1n) is 8.12. The van der Waals surface area contributed by atoms with Gasteiger partial charge in [-0.25, -0.2) is 0 Å². The summed E-state index contributed by atoms with van der Waals surface area (Å²) < 4.78 is 0. The molecule has 0 bridgehead atoms. The molecule has 1 saturated carbocycles. The van der Waals surface area contributed by atoms with E-state index in [1.165, 1.54) is 51.6 Å². The van der Waals surface area contributed by atoms with E-state index < -0.39 is 0 Å². The molecule has 1 aliphatic carbocycles. The molecule has 2 atom stereocenters. The Morgan fingerprint density at radius 1 is 1.22 bits per heavy atom. The van der Waals surface area contributed by atoms with Crippen LogP contribution in [0, 0.1) is 5.92 Å². The summed E-state index contributed by atoms with van der Waals surface area (Å²) in [6.07, 6.45) is 8.23. The summed E-state index contributed by atoms with van der Waals surface area (Å²) >= 11 is 0. The van der Waals surface area contributed by atoms with Crippen LogP contribution in [0.5, 0.6) is 0 Å². The molecule has 1 aliphatic heterocycles. The third kappa shape index (κ3) is 2.75. The minimum absolute atomic E-state index is 0.466. The molecule has 1 heterocycles. The molecule has 1 N–H and O–H groups in total. The van der Waals surface area contributed by atoms with E-state index in [9.17, 15) is 0 Å². The Bertz CT molecular complexity index is 256. The molecule has 106 valence electrons. The number of nitrogens with one attached hydrogen (secondary N) is 1. The van der Waals surface area contributed by atoms with Crippen LogP contribution in [0.15, 0.2) is 0 Å². The highest BCUT2D eigenvalue weighted by atomic mass is 15.3. The Hall–Kier alpha value is -0.0800. The van der Waals surface area contributed by atoms with E-state index in [0.29, 0.717) is 5.54 Å². The van der Waals surface area contributed by atoms with E-state index in [1.807, 2.05) is 0 Å². The molecule has 0 amide bonds. The molecule has 2 aliphatic rings. The molecule has 2 heteroatoms. The van der Waals surface area contributed by atoms with Crippen LogP contribution in [0.25, 0.3) is 0 Å². The maximum atomic E-state index is 3.90. The minimum atomic E-state index is 0.466. The van der Waals surface area contributed by atoms with E-state index in [0.717, 1.165) is 18.0 Å². The van der Waals surface area contributed by atoms with Gasteiger partial charge >= 0.3 is 0 Å². The summed E-state index contributed by atoms with van der Waals surface area (Å²) in [5, 5.41) is 3.90. The van der Waals surface area contributed by atoms with Gasteiger partial charge in [0.2, 0.25) is 0 Å². The summed E-state index contributed by atoms with van der Waals surface area (Å²) in [6, 6.07) is 1.53. The molecule has 0 aromatic rings. The van der Waals surface area contributed by atoms with Crippen LogP contribution in [-0.4, -0.2) is 35.6 Å². The van der Waals surface area contributed by atoms with Gasteiger partial charge in [-0.1, -0.05) is 40.5 Å². The first-order valence-corrected chi connectivity index (χ1v) is 8.12. The molecule has 2 nitrogen and oxygen atoms in total. The lowest BCUT2D eigenvalue weighted by atomic mass is 9.88. The van der Waals surface area contributed by atoms with Crippen molar-refractivity contribution in [3.8, 4) is 0 Å². The van der Waals surface area contributed by atoms with Crippen molar-refractivity contribution in [2.24, 2.45) is 5.92 Å². The zero-order valence-electron chi connectivity index (χ0n) is 12.8. The average molecular weight is 252 g/mol. The van der Waals surface area contributed by atoms with Crippen LogP contribution in [0.4, 0.5) is 0 Å². The Morgan fingerprint density at radius 3 is 2.39 bits per heavy atom. The molecule has 1 saturated heterocycles. The molecule has 0 aromatic heterocycles. The van der Waals surface area contributed by atoms with Gasteiger partial charge in [0.1, 0.15) is 0 Å². The fraction of sp³-hybridized carbons (Fsp3) is 1.00.